The van der Waals surface area contributed by atoms with Crippen LogP contribution in [0.1, 0.15) is 5.56 Å². The summed E-state index contributed by atoms with van der Waals surface area (Å²) >= 11 is 11.5. The van der Waals surface area contributed by atoms with Crippen molar-refractivity contribution in [2.24, 2.45) is 0 Å². The van der Waals surface area contributed by atoms with Crippen LogP contribution in [0.2, 0.25) is 10.0 Å². The van der Waals surface area contributed by atoms with E-state index in [2.05, 4.69) is 10.6 Å². The quantitative estimate of drug-likeness (QED) is 0.613. The van der Waals surface area contributed by atoms with Crippen LogP contribution in [0, 0.1) is 10.1 Å². The van der Waals surface area contributed by atoms with Gasteiger partial charge < -0.3 is 10.6 Å². The van der Waals surface area contributed by atoms with Gasteiger partial charge in [-0.05, 0) is 29.8 Å². The number of nitro groups is 1. The predicted octanol–water partition coefficient (Wildman–Crippen LogP) is 3.63. The van der Waals surface area contributed by atoms with Gasteiger partial charge >= 0.3 is 0 Å². The van der Waals surface area contributed by atoms with Crippen molar-refractivity contribution in [3.05, 3.63) is 68.2 Å². The lowest BCUT2D eigenvalue weighted by molar-refractivity contribution is -0.384. The molecule has 0 spiro atoms. The molecule has 0 radical (unpaired) electrons. The zero-order chi connectivity index (χ0) is 16.8. The van der Waals surface area contributed by atoms with E-state index in [0.29, 0.717) is 17.3 Å². The highest BCUT2D eigenvalue weighted by Crippen LogP contribution is 2.27. The van der Waals surface area contributed by atoms with E-state index in [1.165, 1.54) is 12.1 Å². The summed E-state index contributed by atoms with van der Waals surface area (Å²) in [6.45, 7) is 0.366. The summed E-state index contributed by atoms with van der Waals surface area (Å²) in [4.78, 5) is 22.0. The SMILES string of the molecule is O=C(CNc1ccc(Cl)c([N+](=O)[O-])c1)NCc1ccc(Cl)cc1. The molecule has 2 aromatic carbocycles. The van der Waals surface area contributed by atoms with E-state index < -0.39 is 4.92 Å². The Morgan fingerprint density at radius 1 is 1.13 bits per heavy atom. The van der Waals surface area contributed by atoms with Crippen LogP contribution in [-0.4, -0.2) is 17.4 Å². The fourth-order valence-corrected chi connectivity index (χ4v) is 2.12. The maximum absolute atomic E-state index is 11.8. The number of rotatable bonds is 6. The van der Waals surface area contributed by atoms with Crippen LogP contribution in [0.25, 0.3) is 0 Å². The zero-order valence-electron chi connectivity index (χ0n) is 11.9. The molecule has 0 aliphatic carbocycles. The van der Waals surface area contributed by atoms with Gasteiger partial charge in [-0.2, -0.15) is 0 Å². The van der Waals surface area contributed by atoms with Gasteiger partial charge in [0.1, 0.15) is 5.02 Å². The monoisotopic (exact) mass is 353 g/mol. The van der Waals surface area contributed by atoms with Gasteiger partial charge in [-0.3, -0.25) is 14.9 Å². The number of amides is 1. The van der Waals surface area contributed by atoms with Crippen molar-refractivity contribution in [3.63, 3.8) is 0 Å². The molecule has 0 heterocycles. The number of benzene rings is 2. The molecule has 2 N–H and O–H groups in total. The number of nitrogens with zero attached hydrogens (tertiary/aromatic N) is 1. The van der Waals surface area contributed by atoms with E-state index in [1.807, 2.05) is 12.1 Å². The molecule has 120 valence electrons. The third-order valence-electron chi connectivity index (χ3n) is 3.00. The minimum absolute atomic E-state index is 0.00756. The molecular weight excluding hydrogens is 341 g/mol. The third kappa shape index (κ3) is 5.12. The molecule has 0 fully saturated rings. The molecule has 0 unspecified atom stereocenters. The number of anilines is 1. The van der Waals surface area contributed by atoms with Gasteiger partial charge in [0.2, 0.25) is 5.91 Å². The number of hydrogen-bond donors (Lipinski definition) is 2. The number of carbonyl (C=O) groups is 1. The van der Waals surface area contributed by atoms with Crippen LogP contribution in [0.15, 0.2) is 42.5 Å². The normalized spacial score (nSPS) is 10.2. The molecule has 0 bridgehead atoms. The van der Waals surface area contributed by atoms with Gasteiger partial charge in [0.05, 0.1) is 11.5 Å². The average Bonchev–Trinajstić information content (AvgIpc) is 2.53. The summed E-state index contributed by atoms with van der Waals surface area (Å²) in [6, 6.07) is 11.4. The predicted molar refractivity (Wildman–Crippen MR) is 89.9 cm³/mol. The molecule has 0 aliphatic rings. The maximum atomic E-state index is 11.8. The topological polar surface area (TPSA) is 84.3 Å². The Kier molecular flexibility index (Phi) is 5.78. The molecule has 1 amide bonds. The second kappa shape index (κ2) is 7.80. The highest BCUT2D eigenvalue weighted by molar-refractivity contribution is 6.32. The van der Waals surface area contributed by atoms with E-state index in [9.17, 15) is 14.9 Å². The highest BCUT2D eigenvalue weighted by Gasteiger charge is 2.13. The Bertz CT molecular complexity index is 720. The molecule has 23 heavy (non-hydrogen) atoms. The van der Waals surface area contributed by atoms with Gasteiger partial charge in [-0.1, -0.05) is 35.3 Å². The van der Waals surface area contributed by atoms with E-state index in [-0.39, 0.29) is 23.2 Å². The third-order valence-corrected chi connectivity index (χ3v) is 3.57. The van der Waals surface area contributed by atoms with E-state index in [4.69, 9.17) is 23.2 Å². The Labute approximate surface area is 142 Å². The van der Waals surface area contributed by atoms with Crippen molar-refractivity contribution in [1.29, 1.82) is 0 Å². The summed E-state index contributed by atoms with van der Waals surface area (Å²) in [7, 11) is 0. The Morgan fingerprint density at radius 2 is 1.83 bits per heavy atom. The molecule has 0 aromatic heterocycles. The van der Waals surface area contributed by atoms with Crippen LogP contribution in [0.4, 0.5) is 11.4 Å². The summed E-state index contributed by atoms with van der Waals surface area (Å²) < 4.78 is 0. The summed E-state index contributed by atoms with van der Waals surface area (Å²) in [6.07, 6.45) is 0. The number of nitrogens with one attached hydrogen (secondary N) is 2. The van der Waals surface area contributed by atoms with Crippen molar-refractivity contribution >= 4 is 40.5 Å². The lowest BCUT2D eigenvalue weighted by atomic mass is 10.2. The first-order valence-corrected chi connectivity index (χ1v) is 7.40. The van der Waals surface area contributed by atoms with Gasteiger partial charge in [0, 0.05) is 23.3 Å². The summed E-state index contributed by atoms with van der Waals surface area (Å²) in [5.41, 5.74) is 1.16. The molecule has 2 rings (SSSR count). The lowest BCUT2D eigenvalue weighted by Gasteiger charge is -2.08. The largest absolute Gasteiger partial charge is 0.376 e. The lowest BCUT2D eigenvalue weighted by Crippen LogP contribution is -2.29. The maximum Gasteiger partial charge on any atom is 0.289 e. The highest BCUT2D eigenvalue weighted by atomic mass is 35.5. The standard InChI is InChI=1S/C15H13Cl2N3O3/c16-11-3-1-10(2-4-11)8-19-15(21)9-18-12-5-6-13(17)14(7-12)20(22)23/h1-7,18H,8-9H2,(H,19,21). The van der Waals surface area contributed by atoms with Crippen molar-refractivity contribution in [2.45, 2.75) is 6.54 Å². The van der Waals surface area contributed by atoms with Crippen molar-refractivity contribution in [3.8, 4) is 0 Å². The Balaban J connectivity index is 1.85. The molecule has 0 atom stereocenters. The second-order valence-electron chi connectivity index (χ2n) is 4.68. The molecule has 2 aromatic rings. The van der Waals surface area contributed by atoms with Crippen LogP contribution < -0.4 is 10.6 Å². The van der Waals surface area contributed by atoms with Crippen LogP contribution in [0.3, 0.4) is 0 Å². The van der Waals surface area contributed by atoms with Crippen molar-refractivity contribution in [1.82, 2.24) is 5.32 Å². The van der Waals surface area contributed by atoms with E-state index in [1.54, 1.807) is 18.2 Å². The molecule has 6 nitrogen and oxygen atoms in total. The van der Waals surface area contributed by atoms with E-state index in [0.717, 1.165) is 5.56 Å². The fourth-order valence-electron chi connectivity index (χ4n) is 1.81. The number of hydrogen-bond acceptors (Lipinski definition) is 4. The average molecular weight is 354 g/mol. The molecule has 0 aliphatic heterocycles. The number of halogens is 2. The molecule has 8 heteroatoms. The van der Waals surface area contributed by atoms with Gasteiger partial charge in [0.25, 0.3) is 5.69 Å². The second-order valence-corrected chi connectivity index (χ2v) is 5.52. The minimum atomic E-state index is -0.575. The Morgan fingerprint density at radius 3 is 2.48 bits per heavy atom. The van der Waals surface area contributed by atoms with Crippen LogP contribution in [0.5, 0.6) is 0 Å². The number of carbonyl (C=O) groups excluding carboxylic acids is 1. The smallest absolute Gasteiger partial charge is 0.289 e. The van der Waals surface area contributed by atoms with Crippen molar-refractivity contribution in [2.75, 3.05) is 11.9 Å². The minimum Gasteiger partial charge on any atom is -0.376 e. The van der Waals surface area contributed by atoms with Crippen LogP contribution >= 0.6 is 23.2 Å². The first-order valence-electron chi connectivity index (χ1n) is 6.64. The fraction of sp³-hybridized carbons (Fsp3) is 0.133. The summed E-state index contributed by atoms with van der Waals surface area (Å²) in [5.74, 6) is -0.238. The van der Waals surface area contributed by atoms with Gasteiger partial charge in [-0.15, -0.1) is 0 Å². The van der Waals surface area contributed by atoms with E-state index >= 15 is 0 Å². The van der Waals surface area contributed by atoms with Gasteiger partial charge in [-0.25, -0.2) is 0 Å². The zero-order valence-corrected chi connectivity index (χ0v) is 13.4. The number of nitro benzene ring substituents is 1. The summed E-state index contributed by atoms with van der Waals surface area (Å²) in [5, 5.41) is 17.0. The first-order chi connectivity index (χ1) is 11.0. The first kappa shape index (κ1) is 17.1. The van der Waals surface area contributed by atoms with Crippen LogP contribution in [-0.2, 0) is 11.3 Å². The van der Waals surface area contributed by atoms with Gasteiger partial charge in [0.15, 0.2) is 0 Å². The molecule has 0 saturated carbocycles. The molecule has 0 saturated heterocycles. The Hall–Kier alpha value is -2.31. The van der Waals surface area contributed by atoms with Crippen molar-refractivity contribution < 1.29 is 9.72 Å². The molecular formula is C15H13Cl2N3O3.